The van der Waals surface area contributed by atoms with Gasteiger partial charge in [0.15, 0.2) is 0 Å². The van der Waals surface area contributed by atoms with E-state index < -0.39 is 29.7 Å². The molecule has 0 saturated carbocycles. The smallest absolute Gasteiger partial charge is 0.414 e. The highest BCUT2D eigenvalue weighted by Crippen LogP contribution is 2.29. The van der Waals surface area contributed by atoms with E-state index in [1.165, 1.54) is 11.0 Å². The van der Waals surface area contributed by atoms with Crippen molar-refractivity contribution in [3.63, 3.8) is 0 Å². The number of hydrogen-bond donors (Lipinski definition) is 2. The van der Waals surface area contributed by atoms with Gasteiger partial charge >= 0.3 is 12.2 Å². The van der Waals surface area contributed by atoms with Crippen LogP contribution in [-0.2, 0) is 9.47 Å². The first-order chi connectivity index (χ1) is 13.2. The van der Waals surface area contributed by atoms with E-state index in [0.29, 0.717) is 30.9 Å². The largest absolute Gasteiger partial charge is 0.444 e. The number of nitrogens with zero attached hydrogens (tertiary/aromatic N) is 2. The highest BCUT2D eigenvalue weighted by molar-refractivity contribution is 5.90. The van der Waals surface area contributed by atoms with Crippen molar-refractivity contribution < 1.29 is 28.6 Å². The fourth-order valence-corrected chi connectivity index (χ4v) is 3.32. The molecule has 2 N–H and O–H groups in total. The van der Waals surface area contributed by atoms with Gasteiger partial charge in [0.25, 0.3) is 0 Å². The van der Waals surface area contributed by atoms with Gasteiger partial charge < -0.3 is 24.8 Å². The summed E-state index contributed by atoms with van der Waals surface area (Å²) < 4.78 is 24.9. The maximum Gasteiger partial charge on any atom is 0.414 e. The Morgan fingerprint density at radius 3 is 2.75 bits per heavy atom. The zero-order valence-corrected chi connectivity index (χ0v) is 16.3. The number of amides is 2. The highest BCUT2D eigenvalue weighted by Gasteiger charge is 2.33. The van der Waals surface area contributed by atoms with Crippen LogP contribution in [0, 0.1) is 5.82 Å². The summed E-state index contributed by atoms with van der Waals surface area (Å²) in [5.41, 5.74) is 0.212. The van der Waals surface area contributed by atoms with E-state index in [9.17, 15) is 14.0 Å². The lowest BCUT2D eigenvalue weighted by Gasteiger charge is -2.23. The molecule has 2 aliphatic heterocycles. The summed E-state index contributed by atoms with van der Waals surface area (Å²) in [6.45, 7) is 6.35. The summed E-state index contributed by atoms with van der Waals surface area (Å²) in [6, 6.07) is 4.41. The number of carbonyl (C=O) groups excluding carboxylic acids is 2. The summed E-state index contributed by atoms with van der Waals surface area (Å²) >= 11 is 0. The predicted octanol–water partition coefficient (Wildman–Crippen LogP) is 2.25. The van der Waals surface area contributed by atoms with E-state index in [2.05, 4.69) is 5.32 Å². The first kappa shape index (κ1) is 20.2. The molecule has 1 aromatic carbocycles. The molecule has 2 aliphatic rings. The van der Waals surface area contributed by atoms with E-state index in [-0.39, 0.29) is 19.2 Å². The Balaban J connectivity index is 1.62. The van der Waals surface area contributed by atoms with Crippen LogP contribution in [0.25, 0.3) is 0 Å². The minimum atomic E-state index is -0.603. The van der Waals surface area contributed by atoms with Crippen molar-refractivity contribution in [3.05, 3.63) is 24.0 Å². The van der Waals surface area contributed by atoms with Crippen molar-refractivity contribution in [2.45, 2.75) is 44.9 Å². The Bertz CT molecular complexity index is 752. The molecule has 2 saturated heterocycles. The van der Waals surface area contributed by atoms with Gasteiger partial charge in [-0.1, -0.05) is 0 Å². The SMILES string of the molecule is CC(C)(C)OC(=O)NC1CCN(c2ccc(N3CC(CO)OC3=O)cc2F)C1. The molecule has 0 aromatic heterocycles. The lowest BCUT2D eigenvalue weighted by Crippen LogP contribution is -2.40. The van der Waals surface area contributed by atoms with E-state index in [1.54, 1.807) is 32.9 Å². The minimum Gasteiger partial charge on any atom is -0.444 e. The molecule has 0 aliphatic carbocycles. The van der Waals surface area contributed by atoms with Crippen molar-refractivity contribution in [2.24, 2.45) is 0 Å². The molecule has 154 valence electrons. The van der Waals surface area contributed by atoms with E-state index >= 15 is 0 Å². The van der Waals surface area contributed by atoms with Crippen molar-refractivity contribution in [1.29, 1.82) is 0 Å². The summed E-state index contributed by atoms with van der Waals surface area (Å²) in [5, 5.41) is 11.9. The molecular formula is C19H26FN3O5. The zero-order valence-electron chi connectivity index (χ0n) is 16.3. The van der Waals surface area contributed by atoms with Gasteiger partial charge in [-0.05, 0) is 45.4 Å². The van der Waals surface area contributed by atoms with Crippen LogP contribution >= 0.6 is 0 Å². The van der Waals surface area contributed by atoms with E-state index in [1.807, 2.05) is 4.90 Å². The summed E-state index contributed by atoms with van der Waals surface area (Å²) in [5.74, 6) is -0.462. The number of benzene rings is 1. The van der Waals surface area contributed by atoms with E-state index in [0.717, 1.165) is 0 Å². The second kappa shape index (κ2) is 7.83. The number of rotatable bonds is 4. The number of anilines is 2. The first-order valence-corrected chi connectivity index (χ1v) is 9.29. The van der Waals surface area contributed by atoms with Crippen molar-refractivity contribution in [1.82, 2.24) is 5.32 Å². The van der Waals surface area contributed by atoms with E-state index in [4.69, 9.17) is 14.6 Å². The number of alkyl carbamates (subject to hydrolysis) is 1. The topological polar surface area (TPSA) is 91.3 Å². The van der Waals surface area contributed by atoms with Crippen LogP contribution in [0.1, 0.15) is 27.2 Å². The molecule has 3 rings (SSSR count). The Morgan fingerprint density at radius 2 is 2.14 bits per heavy atom. The molecule has 2 fully saturated rings. The maximum atomic E-state index is 14.7. The normalized spacial score (nSPS) is 22.4. The molecular weight excluding hydrogens is 369 g/mol. The summed E-state index contributed by atoms with van der Waals surface area (Å²) in [6.07, 6.45) is -1.01. The van der Waals surface area contributed by atoms with Crippen LogP contribution < -0.4 is 15.1 Å². The molecule has 1 aromatic rings. The predicted molar refractivity (Wildman–Crippen MR) is 101 cm³/mol. The molecule has 8 nitrogen and oxygen atoms in total. The number of hydrogen-bond acceptors (Lipinski definition) is 6. The Hall–Kier alpha value is -2.55. The molecule has 2 heterocycles. The average Bonchev–Trinajstić information content (AvgIpc) is 3.19. The maximum absolute atomic E-state index is 14.7. The molecule has 2 unspecified atom stereocenters. The van der Waals surface area contributed by atoms with Gasteiger partial charge in [-0.25, -0.2) is 14.0 Å². The number of nitrogens with one attached hydrogen (secondary N) is 1. The van der Waals surface area contributed by atoms with Crippen molar-refractivity contribution in [2.75, 3.05) is 36.0 Å². The zero-order chi connectivity index (χ0) is 20.5. The van der Waals surface area contributed by atoms with Gasteiger partial charge in [0.2, 0.25) is 0 Å². The third-order valence-corrected chi connectivity index (χ3v) is 4.57. The standard InChI is InChI=1S/C19H26FN3O5/c1-19(2,3)28-17(25)21-12-6-7-22(9-12)16-5-4-13(8-15(16)20)23-10-14(11-24)27-18(23)26/h4-5,8,12,14,24H,6-7,9-11H2,1-3H3,(H,21,25). The molecule has 2 atom stereocenters. The highest BCUT2D eigenvalue weighted by atomic mass is 19.1. The molecule has 28 heavy (non-hydrogen) atoms. The van der Waals surface area contributed by atoms with Crippen LogP contribution in [0.3, 0.4) is 0 Å². The van der Waals surface area contributed by atoms with Gasteiger partial charge in [-0.15, -0.1) is 0 Å². The monoisotopic (exact) mass is 395 g/mol. The van der Waals surface area contributed by atoms with Gasteiger partial charge in [0.1, 0.15) is 17.5 Å². The van der Waals surface area contributed by atoms with Crippen LogP contribution in [0.2, 0.25) is 0 Å². The number of carbonyl (C=O) groups is 2. The van der Waals surface area contributed by atoms with Crippen molar-refractivity contribution in [3.8, 4) is 0 Å². The Labute approximate surface area is 163 Å². The number of halogens is 1. The Morgan fingerprint density at radius 1 is 1.39 bits per heavy atom. The summed E-state index contributed by atoms with van der Waals surface area (Å²) in [7, 11) is 0. The first-order valence-electron chi connectivity index (χ1n) is 9.29. The fraction of sp³-hybridized carbons (Fsp3) is 0.579. The number of aliphatic hydroxyl groups is 1. The third-order valence-electron chi connectivity index (χ3n) is 4.57. The second-order valence-electron chi connectivity index (χ2n) is 8.01. The molecule has 0 bridgehead atoms. The lowest BCUT2D eigenvalue weighted by atomic mass is 10.2. The van der Waals surface area contributed by atoms with Crippen LogP contribution in [-0.4, -0.2) is 61.3 Å². The molecule has 9 heteroatoms. The molecule has 0 radical (unpaired) electrons. The quantitative estimate of drug-likeness (QED) is 0.813. The Kier molecular flexibility index (Phi) is 5.64. The molecule has 0 spiro atoms. The fourth-order valence-electron chi connectivity index (χ4n) is 3.32. The molecule has 2 amide bonds. The minimum absolute atomic E-state index is 0.132. The van der Waals surface area contributed by atoms with Crippen molar-refractivity contribution >= 4 is 23.6 Å². The van der Waals surface area contributed by atoms with Gasteiger partial charge in [0, 0.05) is 13.1 Å². The number of ether oxygens (including phenoxy) is 2. The third kappa shape index (κ3) is 4.64. The van der Waals surface area contributed by atoms with Crippen LogP contribution in [0.4, 0.5) is 25.4 Å². The lowest BCUT2D eigenvalue weighted by molar-refractivity contribution is 0.0509. The van der Waals surface area contributed by atoms with Gasteiger partial charge in [-0.3, -0.25) is 4.90 Å². The average molecular weight is 395 g/mol. The number of aliphatic hydroxyl groups excluding tert-OH is 1. The number of cyclic esters (lactones) is 1. The van der Waals surface area contributed by atoms with Crippen LogP contribution in [0.5, 0.6) is 0 Å². The van der Waals surface area contributed by atoms with Crippen LogP contribution in [0.15, 0.2) is 18.2 Å². The second-order valence-corrected chi connectivity index (χ2v) is 8.01. The van der Waals surface area contributed by atoms with Gasteiger partial charge in [-0.2, -0.15) is 0 Å². The summed E-state index contributed by atoms with van der Waals surface area (Å²) in [4.78, 5) is 26.9. The van der Waals surface area contributed by atoms with Gasteiger partial charge in [0.05, 0.1) is 30.6 Å².